The van der Waals surface area contributed by atoms with Crippen molar-refractivity contribution >= 4 is 6.29 Å². The lowest BCUT2D eigenvalue weighted by atomic mass is 10.0. The highest BCUT2D eigenvalue weighted by atomic mass is 16.1. The summed E-state index contributed by atoms with van der Waals surface area (Å²) in [5.41, 5.74) is 3.15. The minimum Gasteiger partial charge on any atom is -0.345 e. The van der Waals surface area contributed by atoms with Crippen LogP contribution in [-0.4, -0.2) is 10.9 Å². The molecule has 2 heteroatoms. The first-order chi connectivity index (χ1) is 7.24. The van der Waals surface area contributed by atoms with Gasteiger partial charge in [-0.05, 0) is 39.2 Å². The third-order valence-corrected chi connectivity index (χ3v) is 3.26. The van der Waals surface area contributed by atoms with E-state index >= 15 is 0 Å². The zero-order chi connectivity index (χ0) is 10.8. The molecule has 15 heavy (non-hydrogen) atoms. The number of aryl methyl sites for hydroxylation is 1. The van der Waals surface area contributed by atoms with Crippen LogP contribution in [0.1, 0.15) is 47.1 Å². The first kappa shape index (κ1) is 10.2. The molecule has 0 amide bonds. The van der Waals surface area contributed by atoms with E-state index in [0.717, 1.165) is 30.4 Å². The topological polar surface area (TPSA) is 22.0 Å². The molecule has 2 nitrogen and oxygen atoms in total. The third-order valence-electron chi connectivity index (χ3n) is 3.26. The molecule has 0 saturated carbocycles. The van der Waals surface area contributed by atoms with Crippen molar-refractivity contribution in [2.24, 2.45) is 0 Å². The van der Waals surface area contributed by atoms with Crippen LogP contribution >= 0.6 is 0 Å². The van der Waals surface area contributed by atoms with E-state index in [4.69, 9.17) is 0 Å². The molecule has 2 rings (SSSR count). The summed E-state index contributed by atoms with van der Waals surface area (Å²) >= 11 is 0. The second kappa shape index (κ2) is 4.05. The summed E-state index contributed by atoms with van der Waals surface area (Å²) in [6.45, 7) is 4.12. The fourth-order valence-electron chi connectivity index (χ4n) is 2.50. The Kier molecular flexibility index (Phi) is 2.76. The van der Waals surface area contributed by atoms with Crippen LogP contribution < -0.4 is 0 Å². The summed E-state index contributed by atoms with van der Waals surface area (Å²) < 4.78 is 2.31. The quantitative estimate of drug-likeness (QED) is 0.534. The SMILES string of the molecule is Cc1cc(C=O)c(C)n1C1CC=CCC1. The number of aldehydes is 1. The Morgan fingerprint density at radius 2 is 2.20 bits per heavy atom. The average Bonchev–Trinajstić information content (AvgIpc) is 2.55. The molecule has 0 aromatic carbocycles. The van der Waals surface area contributed by atoms with Gasteiger partial charge in [0, 0.05) is 23.0 Å². The van der Waals surface area contributed by atoms with Gasteiger partial charge in [-0.25, -0.2) is 0 Å². The molecule has 0 N–H and O–H groups in total. The molecule has 0 radical (unpaired) electrons. The molecule has 1 atom stereocenters. The average molecular weight is 203 g/mol. The van der Waals surface area contributed by atoms with E-state index in [1.807, 2.05) is 13.0 Å². The summed E-state index contributed by atoms with van der Waals surface area (Å²) in [6.07, 6.45) is 8.87. The lowest BCUT2D eigenvalue weighted by Gasteiger charge is -2.23. The van der Waals surface area contributed by atoms with Gasteiger partial charge in [-0.3, -0.25) is 4.79 Å². The molecule has 1 aliphatic carbocycles. The monoisotopic (exact) mass is 203 g/mol. The first-order valence-electron chi connectivity index (χ1n) is 5.52. The van der Waals surface area contributed by atoms with Gasteiger partial charge in [-0.2, -0.15) is 0 Å². The maximum absolute atomic E-state index is 10.8. The van der Waals surface area contributed by atoms with E-state index in [9.17, 15) is 4.79 Å². The van der Waals surface area contributed by atoms with E-state index in [1.54, 1.807) is 0 Å². The number of nitrogens with zero attached hydrogens (tertiary/aromatic N) is 1. The van der Waals surface area contributed by atoms with Crippen molar-refractivity contribution in [3.05, 3.63) is 35.2 Å². The molecule has 1 heterocycles. The van der Waals surface area contributed by atoms with Gasteiger partial charge < -0.3 is 4.57 Å². The number of rotatable bonds is 2. The van der Waals surface area contributed by atoms with Crippen LogP contribution in [0.2, 0.25) is 0 Å². The lowest BCUT2D eigenvalue weighted by Crippen LogP contribution is -2.13. The highest BCUT2D eigenvalue weighted by Gasteiger charge is 2.17. The van der Waals surface area contributed by atoms with Crippen LogP contribution in [0.3, 0.4) is 0 Å². The van der Waals surface area contributed by atoms with Crippen LogP contribution in [0, 0.1) is 13.8 Å². The van der Waals surface area contributed by atoms with Gasteiger partial charge in [-0.15, -0.1) is 0 Å². The van der Waals surface area contributed by atoms with Crippen molar-refractivity contribution < 1.29 is 4.79 Å². The van der Waals surface area contributed by atoms with Gasteiger partial charge in [0.1, 0.15) is 0 Å². The fraction of sp³-hybridized carbons (Fsp3) is 0.462. The van der Waals surface area contributed by atoms with Gasteiger partial charge >= 0.3 is 0 Å². The Morgan fingerprint density at radius 3 is 2.73 bits per heavy atom. The van der Waals surface area contributed by atoms with Crippen molar-refractivity contribution in [2.75, 3.05) is 0 Å². The summed E-state index contributed by atoms with van der Waals surface area (Å²) in [5.74, 6) is 0. The van der Waals surface area contributed by atoms with Crippen LogP contribution in [0.4, 0.5) is 0 Å². The zero-order valence-electron chi connectivity index (χ0n) is 9.36. The van der Waals surface area contributed by atoms with E-state index < -0.39 is 0 Å². The predicted octanol–water partition coefficient (Wildman–Crippen LogP) is 3.20. The Labute approximate surface area is 90.6 Å². The van der Waals surface area contributed by atoms with Crippen molar-refractivity contribution in [1.82, 2.24) is 4.57 Å². The number of hydrogen-bond donors (Lipinski definition) is 0. The third kappa shape index (κ3) is 1.76. The van der Waals surface area contributed by atoms with Crippen LogP contribution in [0.5, 0.6) is 0 Å². The van der Waals surface area contributed by atoms with Crippen LogP contribution in [0.25, 0.3) is 0 Å². The molecule has 0 spiro atoms. The number of carbonyl (C=O) groups excluding carboxylic acids is 1. The highest BCUT2D eigenvalue weighted by Crippen LogP contribution is 2.28. The summed E-state index contributed by atoms with van der Waals surface area (Å²) in [4.78, 5) is 10.8. The highest BCUT2D eigenvalue weighted by molar-refractivity contribution is 5.77. The number of carbonyl (C=O) groups is 1. The van der Waals surface area contributed by atoms with E-state index in [2.05, 4.69) is 23.6 Å². The molecule has 1 aliphatic rings. The molecule has 1 aromatic rings. The minimum absolute atomic E-state index is 0.545. The Bertz CT molecular complexity index is 401. The molecule has 0 fully saturated rings. The van der Waals surface area contributed by atoms with Crippen LogP contribution in [-0.2, 0) is 0 Å². The molecule has 0 saturated heterocycles. The molecule has 0 bridgehead atoms. The Hall–Kier alpha value is -1.31. The summed E-state index contributed by atoms with van der Waals surface area (Å²) in [7, 11) is 0. The number of hydrogen-bond acceptors (Lipinski definition) is 1. The Morgan fingerprint density at radius 1 is 1.40 bits per heavy atom. The van der Waals surface area contributed by atoms with Gasteiger partial charge in [0.2, 0.25) is 0 Å². The number of aromatic nitrogens is 1. The zero-order valence-corrected chi connectivity index (χ0v) is 9.36. The van der Waals surface area contributed by atoms with Crippen molar-refractivity contribution in [2.45, 2.75) is 39.2 Å². The fourth-order valence-corrected chi connectivity index (χ4v) is 2.50. The molecule has 1 unspecified atom stereocenters. The second-order valence-corrected chi connectivity index (χ2v) is 4.25. The standard InChI is InChI=1S/C13H17NO/c1-10-8-12(9-15)11(2)14(10)13-6-4-3-5-7-13/h3-4,8-9,13H,5-7H2,1-2H3. The van der Waals surface area contributed by atoms with Crippen molar-refractivity contribution in [3.63, 3.8) is 0 Å². The van der Waals surface area contributed by atoms with Gasteiger partial charge in [-0.1, -0.05) is 12.2 Å². The second-order valence-electron chi connectivity index (χ2n) is 4.25. The summed E-state index contributed by atoms with van der Waals surface area (Å²) in [5, 5.41) is 0. The smallest absolute Gasteiger partial charge is 0.151 e. The molecular weight excluding hydrogens is 186 g/mol. The molecule has 80 valence electrons. The Balaban J connectivity index is 2.38. The van der Waals surface area contributed by atoms with E-state index in [1.165, 1.54) is 12.1 Å². The molecule has 0 aliphatic heterocycles. The normalized spacial score (nSPS) is 20.5. The van der Waals surface area contributed by atoms with E-state index in [0.29, 0.717) is 6.04 Å². The first-order valence-corrected chi connectivity index (χ1v) is 5.52. The lowest BCUT2D eigenvalue weighted by molar-refractivity contribution is 0.112. The maximum Gasteiger partial charge on any atom is 0.151 e. The van der Waals surface area contributed by atoms with Crippen molar-refractivity contribution in [3.8, 4) is 0 Å². The number of allylic oxidation sites excluding steroid dienone is 2. The van der Waals surface area contributed by atoms with Crippen molar-refractivity contribution in [1.29, 1.82) is 0 Å². The minimum atomic E-state index is 0.545. The van der Waals surface area contributed by atoms with Crippen LogP contribution in [0.15, 0.2) is 18.2 Å². The summed E-state index contributed by atoms with van der Waals surface area (Å²) in [6, 6.07) is 2.53. The van der Waals surface area contributed by atoms with Gasteiger partial charge in [0.25, 0.3) is 0 Å². The molecule has 1 aromatic heterocycles. The van der Waals surface area contributed by atoms with Gasteiger partial charge in [0.15, 0.2) is 6.29 Å². The molecular formula is C13H17NO. The van der Waals surface area contributed by atoms with E-state index in [-0.39, 0.29) is 0 Å². The predicted molar refractivity (Wildman–Crippen MR) is 61.3 cm³/mol. The largest absolute Gasteiger partial charge is 0.345 e. The maximum atomic E-state index is 10.8. The van der Waals surface area contributed by atoms with Gasteiger partial charge in [0.05, 0.1) is 0 Å².